The molecule has 1 amide bonds. The van der Waals surface area contributed by atoms with Crippen LogP contribution in [-0.2, 0) is 6.54 Å². The first kappa shape index (κ1) is 26.4. The Morgan fingerprint density at radius 1 is 0.919 bits per heavy atom. The number of nitrogens with two attached hydrogens (primary N) is 1. The lowest BCUT2D eigenvalue weighted by Gasteiger charge is -2.40. The maximum atomic E-state index is 14.0. The van der Waals surface area contributed by atoms with Crippen molar-refractivity contribution in [1.29, 1.82) is 0 Å². The Kier molecular flexibility index (Phi) is 8.24. The van der Waals surface area contributed by atoms with Gasteiger partial charge in [0.05, 0.1) is 11.7 Å². The van der Waals surface area contributed by atoms with Crippen LogP contribution in [-0.4, -0.2) is 32.9 Å². The third-order valence-corrected chi connectivity index (χ3v) is 6.56. The molecule has 0 aliphatic carbocycles. The van der Waals surface area contributed by atoms with Crippen LogP contribution in [0.3, 0.4) is 0 Å². The first-order chi connectivity index (χ1) is 17.7. The molecule has 4 aromatic rings. The van der Waals surface area contributed by atoms with Gasteiger partial charge in [-0.15, -0.1) is 0 Å². The maximum absolute atomic E-state index is 14.0. The van der Waals surface area contributed by atoms with E-state index in [1.165, 1.54) is 5.56 Å². The van der Waals surface area contributed by atoms with E-state index in [0.717, 1.165) is 17.1 Å². The highest BCUT2D eigenvalue weighted by Gasteiger charge is 2.38. The summed E-state index contributed by atoms with van der Waals surface area (Å²) < 4.78 is 2.21. The van der Waals surface area contributed by atoms with Crippen LogP contribution in [0.1, 0.15) is 61.9 Å². The van der Waals surface area contributed by atoms with Crippen LogP contribution in [0, 0.1) is 5.41 Å². The van der Waals surface area contributed by atoms with Crippen molar-refractivity contribution in [3.05, 3.63) is 114 Å². The van der Waals surface area contributed by atoms with Crippen molar-refractivity contribution in [2.75, 3.05) is 6.54 Å². The molecule has 0 saturated heterocycles. The number of carbonyl (C=O) groups is 1. The lowest BCUT2D eigenvalue weighted by molar-refractivity contribution is 0.0476. The molecule has 5 nitrogen and oxygen atoms in total. The summed E-state index contributed by atoms with van der Waals surface area (Å²) in [5, 5.41) is 0. The highest BCUT2D eigenvalue weighted by molar-refractivity contribution is 5.94. The number of carbonyl (C=O) groups excluding carboxylic acids is 1. The summed E-state index contributed by atoms with van der Waals surface area (Å²) in [5.41, 5.74) is 9.71. The molecule has 192 valence electrons. The van der Waals surface area contributed by atoms with E-state index < -0.39 is 0 Å². The maximum Gasteiger partial charge on any atom is 0.254 e. The van der Waals surface area contributed by atoms with Gasteiger partial charge in [0, 0.05) is 36.5 Å². The van der Waals surface area contributed by atoms with Gasteiger partial charge in [-0.3, -0.25) is 4.79 Å². The molecule has 2 N–H and O–H groups in total. The summed E-state index contributed by atoms with van der Waals surface area (Å²) in [7, 11) is 0. The number of hydrogen-bond donors (Lipinski definition) is 1. The molecule has 5 heteroatoms. The van der Waals surface area contributed by atoms with Crippen LogP contribution in [0.15, 0.2) is 97.2 Å². The van der Waals surface area contributed by atoms with E-state index in [2.05, 4.69) is 67.9 Å². The quantitative estimate of drug-likeness (QED) is 0.286. The fourth-order valence-electron chi connectivity index (χ4n) is 4.73. The van der Waals surface area contributed by atoms with Gasteiger partial charge < -0.3 is 15.2 Å². The van der Waals surface area contributed by atoms with Crippen LogP contribution in [0.2, 0.25) is 0 Å². The number of rotatable bonds is 9. The lowest BCUT2D eigenvalue weighted by atomic mass is 9.84. The molecule has 0 fully saturated rings. The largest absolute Gasteiger partial charge is 0.328 e. The minimum atomic E-state index is -0.282. The lowest BCUT2D eigenvalue weighted by Crippen LogP contribution is -2.44. The minimum absolute atomic E-state index is 0.00306. The highest BCUT2D eigenvalue weighted by atomic mass is 16.2. The Hall–Kier alpha value is -3.70. The van der Waals surface area contributed by atoms with E-state index in [4.69, 9.17) is 10.7 Å². The average molecular weight is 495 g/mol. The van der Waals surface area contributed by atoms with Crippen molar-refractivity contribution >= 4 is 5.91 Å². The second kappa shape index (κ2) is 11.6. The molecule has 0 aliphatic heterocycles. The van der Waals surface area contributed by atoms with Crippen molar-refractivity contribution in [3.8, 4) is 11.3 Å². The van der Waals surface area contributed by atoms with Crippen LogP contribution >= 0.6 is 0 Å². The zero-order valence-electron chi connectivity index (χ0n) is 22.3. The zero-order valence-corrected chi connectivity index (χ0v) is 22.3. The highest BCUT2D eigenvalue weighted by Crippen LogP contribution is 2.40. The summed E-state index contributed by atoms with van der Waals surface area (Å²) >= 11 is 0. The van der Waals surface area contributed by atoms with Gasteiger partial charge in [0.2, 0.25) is 0 Å². The molecular formula is C32H38N4O. The van der Waals surface area contributed by atoms with Gasteiger partial charge in [0.15, 0.2) is 0 Å². The van der Waals surface area contributed by atoms with E-state index in [-0.39, 0.29) is 23.4 Å². The Morgan fingerprint density at radius 2 is 1.49 bits per heavy atom. The molecule has 0 unspecified atom stereocenters. The van der Waals surface area contributed by atoms with Crippen molar-refractivity contribution in [2.24, 2.45) is 11.1 Å². The van der Waals surface area contributed by atoms with Gasteiger partial charge >= 0.3 is 0 Å². The topological polar surface area (TPSA) is 64.2 Å². The van der Waals surface area contributed by atoms with Crippen LogP contribution in [0.25, 0.3) is 11.3 Å². The summed E-state index contributed by atoms with van der Waals surface area (Å²) in [6, 6.07) is 29.8. The van der Waals surface area contributed by atoms with E-state index >= 15 is 0 Å². The van der Waals surface area contributed by atoms with Gasteiger partial charge in [-0.1, -0.05) is 99.6 Å². The van der Waals surface area contributed by atoms with Crippen LogP contribution in [0.4, 0.5) is 0 Å². The average Bonchev–Trinajstić information content (AvgIpc) is 3.29. The fraction of sp³-hybridized carbons (Fsp3) is 0.312. The Labute approximate surface area is 221 Å². The van der Waals surface area contributed by atoms with E-state index in [1.807, 2.05) is 66.4 Å². The monoisotopic (exact) mass is 494 g/mol. The first-order valence-electron chi connectivity index (χ1n) is 13.0. The molecule has 1 aromatic heterocycles. The standard InChI is InChI=1S/C32H38N4O/c1-24(33)20-21-36(31(37)27-18-12-7-13-19-27)29(32(2,3)4)30-34-28(26-16-10-6-11-17-26)23-35(30)22-25-14-8-5-9-15-25/h5-19,23-24,29H,20-22,33H2,1-4H3/t24-,29-/m0/s1. The summed E-state index contributed by atoms with van der Waals surface area (Å²) in [6.07, 6.45) is 2.82. The molecule has 0 aliphatic rings. The number of hydrogen-bond acceptors (Lipinski definition) is 3. The molecule has 1 heterocycles. The number of imidazole rings is 1. The van der Waals surface area contributed by atoms with Crippen molar-refractivity contribution in [1.82, 2.24) is 14.5 Å². The molecule has 0 saturated carbocycles. The zero-order chi connectivity index (χ0) is 26.4. The predicted molar refractivity (Wildman–Crippen MR) is 151 cm³/mol. The Morgan fingerprint density at radius 3 is 2.05 bits per heavy atom. The number of aromatic nitrogens is 2. The second-order valence-electron chi connectivity index (χ2n) is 10.9. The first-order valence-corrected chi connectivity index (χ1v) is 13.0. The SMILES string of the molecule is C[C@H](N)CCN(C(=O)c1ccccc1)[C@@H](c1nc(-c2ccccc2)cn1Cc1ccccc1)C(C)(C)C. The Bertz CT molecular complexity index is 1270. The van der Waals surface area contributed by atoms with Crippen LogP contribution < -0.4 is 5.73 Å². The molecule has 3 aromatic carbocycles. The molecule has 37 heavy (non-hydrogen) atoms. The summed E-state index contributed by atoms with van der Waals surface area (Å²) in [5.74, 6) is 0.876. The van der Waals surface area contributed by atoms with Gasteiger partial charge in [-0.25, -0.2) is 4.98 Å². The molecular weight excluding hydrogens is 456 g/mol. The molecule has 0 spiro atoms. The van der Waals surface area contributed by atoms with E-state index in [1.54, 1.807) is 0 Å². The molecule has 4 rings (SSSR count). The van der Waals surface area contributed by atoms with Gasteiger partial charge in [0.25, 0.3) is 5.91 Å². The minimum Gasteiger partial charge on any atom is -0.328 e. The van der Waals surface area contributed by atoms with Crippen molar-refractivity contribution in [3.63, 3.8) is 0 Å². The normalized spacial score (nSPS) is 13.2. The molecule has 0 radical (unpaired) electrons. The summed E-state index contributed by atoms with van der Waals surface area (Å²) in [6.45, 7) is 9.74. The number of nitrogens with zero attached hydrogens (tertiary/aromatic N) is 3. The smallest absolute Gasteiger partial charge is 0.254 e. The Balaban J connectivity index is 1.86. The van der Waals surface area contributed by atoms with Crippen molar-refractivity contribution in [2.45, 2.75) is 52.7 Å². The number of amides is 1. The number of benzene rings is 3. The molecule has 0 bridgehead atoms. The molecule has 2 atom stereocenters. The summed E-state index contributed by atoms with van der Waals surface area (Å²) in [4.78, 5) is 21.2. The van der Waals surface area contributed by atoms with Gasteiger partial charge in [0.1, 0.15) is 5.82 Å². The van der Waals surface area contributed by atoms with E-state index in [9.17, 15) is 4.79 Å². The van der Waals surface area contributed by atoms with Crippen molar-refractivity contribution < 1.29 is 4.79 Å². The third kappa shape index (κ3) is 6.55. The van der Waals surface area contributed by atoms with Gasteiger partial charge in [-0.05, 0) is 36.5 Å². The second-order valence-corrected chi connectivity index (χ2v) is 10.9. The van der Waals surface area contributed by atoms with E-state index in [0.29, 0.717) is 25.1 Å². The predicted octanol–water partition coefficient (Wildman–Crippen LogP) is 6.57. The van der Waals surface area contributed by atoms with Crippen LogP contribution in [0.5, 0.6) is 0 Å². The fourth-order valence-corrected chi connectivity index (χ4v) is 4.73. The van der Waals surface area contributed by atoms with Gasteiger partial charge in [-0.2, -0.15) is 0 Å². The third-order valence-electron chi connectivity index (χ3n) is 6.56.